The minimum atomic E-state index is 0.412. The SMILES string of the molecule is CN1C2CC3OC3C1CC2OCCc1ccccc1. The van der Waals surface area contributed by atoms with E-state index in [1.54, 1.807) is 0 Å². The third kappa shape index (κ3) is 2.10. The lowest BCUT2D eigenvalue weighted by Gasteiger charge is -2.29. The van der Waals surface area contributed by atoms with Crippen molar-refractivity contribution in [3.8, 4) is 0 Å². The summed E-state index contributed by atoms with van der Waals surface area (Å²) in [5.41, 5.74) is 1.36. The molecular weight excluding hydrogens is 238 g/mol. The Labute approximate surface area is 114 Å². The maximum atomic E-state index is 6.16. The van der Waals surface area contributed by atoms with Gasteiger partial charge in [0.1, 0.15) is 0 Å². The molecule has 0 amide bonds. The van der Waals surface area contributed by atoms with Gasteiger partial charge in [-0.25, -0.2) is 0 Å². The van der Waals surface area contributed by atoms with E-state index >= 15 is 0 Å². The lowest BCUT2D eigenvalue weighted by molar-refractivity contribution is 0.0271. The van der Waals surface area contributed by atoms with Crippen molar-refractivity contribution in [2.24, 2.45) is 0 Å². The van der Waals surface area contributed by atoms with Crippen LogP contribution in [0, 0.1) is 0 Å². The van der Waals surface area contributed by atoms with Crippen LogP contribution in [0.3, 0.4) is 0 Å². The van der Waals surface area contributed by atoms with E-state index < -0.39 is 0 Å². The van der Waals surface area contributed by atoms with Gasteiger partial charge in [0.25, 0.3) is 0 Å². The molecule has 0 aliphatic carbocycles. The Kier molecular flexibility index (Phi) is 2.87. The Morgan fingerprint density at radius 3 is 2.89 bits per heavy atom. The number of epoxide rings is 1. The van der Waals surface area contributed by atoms with Crippen LogP contribution in [0.4, 0.5) is 0 Å². The molecule has 3 aliphatic rings. The van der Waals surface area contributed by atoms with Crippen LogP contribution >= 0.6 is 0 Å². The fraction of sp³-hybridized carbons (Fsp3) is 0.625. The molecule has 0 aromatic heterocycles. The molecule has 5 unspecified atom stereocenters. The van der Waals surface area contributed by atoms with Crippen molar-refractivity contribution in [3.63, 3.8) is 0 Å². The number of hydrogen-bond acceptors (Lipinski definition) is 3. The Hall–Kier alpha value is -0.900. The van der Waals surface area contributed by atoms with E-state index in [2.05, 4.69) is 42.3 Å². The van der Waals surface area contributed by atoms with Gasteiger partial charge in [0.15, 0.2) is 0 Å². The molecule has 3 aliphatic heterocycles. The average Bonchev–Trinajstić information content (AvgIpc) is 3.15. The molecule has 5 atom stereocenters. The molecule has 0 spiro atoms. The number of hydrogen-bond donors (Lipinski definition) is 0. The highest BCUT2D eigenvalue weighted by Gasteiger charge is 2.59. The fourth-order valence-electron chi connectivity index (χ4n) is 3.83. The largest absolute Gasteiger partial charge is 0.376 e. The third-order valence-corrected chi connectivity index (χ3v) is 4.99. The Morgan fingerprint density at radius 1 is 1.21 bits per heavy atom. The van der Waals surface area contributed by atoms with E-state index in [-0.39, 0.29) is 0 Å². The molecule has 3 heterocycles. The van der Waals surface area contributed by atoms with Gasteiger partial charge in [0, 0.05) is 12.1 Å². The topological polar surface area (TPSA) is 25.0 Å². The summed E-state index contributed by atoms with van der Waals surface area (Å²) < 4.78 is 11.9. The third-order valence-electron chi connectivity index (χ3n) is 4.99. The van der Waals surface area contributed by atoms with Gasteiger partial charge in [0.2, 0.25) is 0 Å². The number of piperidine rings is 1. The van der Waals surface area contributed by atoms with Crippen molar-refractivity contribution in [3.05, 3.63) is 35.9 Å². The second kappa shape index (κ2) is 4.58. The summed E-state index contributed by atoms with van der Waals surface area (Å²) in [7, 11) is 2.23. The summed E-state index contributed by atoms with van der Waals surface area (Å²) in [6.45, 7) is 0.835. The molecule has 3 heteroatoms. The van der Waals surface area contributed by atoms with Crippen LogP contribution in [0.1, 0.15) is 18.4 Å². The Balaban J connectivity index is 1.32. The number of likely N-dealkylation sites (N-methyl/N-ethyl adjacent to an activating group) is 1. The molecule has 19 heavy (non-hydrogen) atoms. The minimum Gasteiger partial charge on any atom is -0.376 e. The maximum absolute atomic E-state index is 6.16. The lowest BCUT2D eigenvalue weighted by Crippen LogP contribution is -2.43. The van der Waals surface area contributed by atoms with Crippen LogP contribution in [-0.4, -0.2) is 49.0 Å². The minimum absolute atomic E-state index is 0.412. The van der Waals surface area contributed by atoms with Gasteiger partial charge in [-0.1, -0.05) is 30.3 Å². The first kappa shape index (κ1) is 11.9. The highest BCUT2D eigenvalue weighted by Crippen LogP contribution is 2.46. The maximum Gasteiger partial charge on any atom is 0.0998 e. The van der Waals surface area contributed by atoms with E-state index in [1.165, 1.54) is 5.56 Å². The van der Waals surface area contributed by atoms with Crippen LogP contribution in [-0.2, 0) is 15.9 Å². The van der Waals surface area contributed by atoms with E-state index in [1.807, 2.05) is 0 Å². The van der Waals surface area contributed by atoms with E-state index in [9.17, 15) is 0 Å². The molecule has 1 aromatic carbocycles. The van der Waals surface area contributed by atoms with Gasteiger partial charge in [-0.2, -0.15) is 0 Å². The summed E-state index contributed by atoms with van der Waals surface area (Å²) >= 11 is 0. The first-order valence-electron chi connectivity index (χ1n) is 7.36. The smallest absolute Gasteiger partial charge is 0.0998 e. The Bertz CT molecular complexity index is 449. The zero-order valence-corrected chi connectivity index (χ0v) is 11.4. The van der Waals surface area contributed by atoms with Crippen molar-refractivity contribution >= 4 is 0 Å². The van der Waals surface area contributed by atoms with E-state index in [0.29, 0.717) is 30.4 Å². The molecule has 102 valence electrons. The summed E-state index contributed by atoms with van der Waals surface area (Å²) in [5.74, 6) is 0. The van der Waals surface area contributed by atoms with Crippen molar-refractivity contribution in [2.75, 3.05) is 13.7 Å². The first-order valence-corrected chi connectivity index (χ1v) is 7.36. The van der Waals surface area contributed by atoms with Crippen molar-refractivity contribution in [1.29, 1.82) is 0 Å². The summed E-state index contributed by atoms with van der Waals surface area (Å²) in [4.78, 5) is 2.49. The molecule has 3 nitrogen and oxygen atoms in total. The van der Waals surface area contributed by atoms with Gasteiger partial charge in [0.05, 0.1) is 24.9 Å². The predicted octanol–water partition coefficient (Wildman–Crippen LogP) is 1.86. The van der Waals surface area contributed by atoms with Gasteiger partial charge in [-0.3, -0.25) is 4.90 Å². The second-order valence-electron chi connectivity index (χ2n) is 6.06. The normalized spacial score (nSPS) is 40.2. The van der Waals surface area contributed by atoms with Crippen molar-refractivity contribution in [2.45, 2.75) is 49.7 Å². The quantitative estimate of drug-likeness (QED) is 0.772. The summed E-state index contributed by atoms with van der Waals surface area (Å²) in [5, 5.41) is 0. The highest BCUT2D eigenvalue weighted by molar-refractivity contribution is 5.15. The zero-order chi connectivity index (χ0) is 12.8. The molecule has 2 bridgehead atoms. The molecule has 3 saturated heterocycles. The molecule has 3 fully saturated rings. The van der Waals surface area contributed by atoms with Gasteiger partial charge < -0.3 is 9.47 Å². The molecule has 0 radical (unpaired) electrons. The summed E-state index contributed by atoms with van der Waals surface area (Å²) in [6.07, 6.45) is 4.78. The van der Waals surface area contributed by atoms with Crippen LogP contribution in [0.2, 0.25) is 0 Å². The molecule has 1 aromatic rings. The fourth-order valence-corrected chi connectivity index (χ4v) is 3.83. The molecule has 0 saturated carbocycles. The van der Waals surface area contributed by atoms with Crippen LogP contribution in [0.15, 0.2) is 30.3 Å². The van der Waals surface area contributed by atoms with E-state index in [0.717, 1.165) is 25.9 Å². The zero-order valence-electron chi connectivity index (χ0n) is 11.4. The molecule has 0 N–H and O–H groups in total. The first-order chi connectivity index (χ1) is 9.33. The lowest BCUT2D eigenvalue weighted by atomic mass is 10.0. The van der Waals surface area contributed by atoms with Crippen molar-refractivity contribution in [1.82, 2.24) is 4.90 Å². The van der Waals surface area contributed by atoms with Gasteiger partial charge in [-0.05, 0) is 31.9 Å². The van der Waals surface area contributed by atoms with Crippen LogP contribution in [0.25, 0.3) is 0 Å². The summed E-state index contributed by atoms with van der Waals surface area (Å²) in [6, 6.07) is 11.8. The number of nitrogens with zero attached hydrogens (tertiary/aromatic N) is 1. The Morgan fingerprint density at radius 2 is 2.05 bits per heavy atom. The van der Waals surface area contributed by atoms with Crippen molar-refractivity contribution < 1.29 is 9.47 Å². The highest BCUT2D eigenvalue weighted by atomic mass is 16.6. The number of rotatable bonds is 4. The van der Waals surface area contributed by atoms with Crippen LogP contribution in [0.5, 0.6) is 0 Å². The molecule has 4 rings (SSSR count). The monoisotopic (exact) mass is 259 g/mol. The van der Waals surface area contributed by atoms with E-state index in [4.69, 9.17) is 9.47 Å². The molecular formula is C16H21NO2. The van der Waals surface area contributed by atoms with Gasteiger partial charge in [-0.15, -0.1) is 0 Å². The van der Waals surface area contributed by atoms with Gasteiger partial charge >= 0.3 is 0 Å². The standard InChI is InChI=1S/C16H21NO2/c1-17-12-9-15-16(19-15)13(17)10-14(12)18-8-7-11-5-3-2-4-6-11/h2-6,12-16H,7-10H2,1H3. The predicted molar refractivity (Wildman–Crippen MR) is 73.1 cm³/mol. The number of fused-ring (bicyclic) bond motifs is 4. The number of benzene rings is 1. The van der Waals surface area contributed by atoms with Crippen LogP contribution < -0.4 is 0 Å². The number of ether oxygens (including phenoxy) is 2. The average molecular weight is 259 g/mol. The second-order valence-corrected chi connectivity index (χ2v) is 6.06.